The van der Waals surface area contributed by atoms with Gasteiger partial charge in [0.05, 0.1) is 24.6 Å². The van der Waals surface area contributed by atoms with Crippen molar-refractivity contribution in [2.24, 2.45) is 0 Å². The van der Waals surface area contributed by atoms with E-state index in [2.05, 4.69) is 24.0 Å². The zero-order chi connectivity index (χ0) is 19.5. The molecule has 1 aliphatic rings. The molecule has 26 heavy (non-hydrogen) atoms. The van der Waals surface area contributed by atoms with E-state index in [9.17, 15) is 4.79 Å². The standard InChI is InChI=1S/C16H18N2O3.C3H8.C2H6/c1-3-20-16(19)13-9-17-18-15(13)12-8-10(2)4-7-14(12)21-11-5-6-11;1-3-2;1-2/h4,7-9,11H,3,5-6H2,1-2H3,(H,17,18);3H2,1-2H3;1-2H3. The minimum absolute atomic E-state index is 0.292. The smallest absolute Gasteiger partial charge is 0.341 e. The van der Waals surface area contributed by atoms with Crippen molar-refractivity contribution in [2.45, 2.75) is 66.9 Å². The lowest BCUT2D eigenvalue weighted by molar-refractivity contribution is 0.0527. The summed E-state index contributed by atoms with van der Waals surface area (Å²) in [6, 6.07) is 5.94. The van der Waals surface area contributed by atoms with E-state index in [-0.39, 0.29) is 5.97 Å². The van der Waals surface area contributed by atoms with Crippen molar-refractivity contribution in [3.63, 3.8) is 0 Å². The molecule has 1 N–H and O–H groups in total. The number of H-pyrrole nitrogens is 1. The maximum atomic E-state index is 12.0. The van der Waals surface area contributed by atoms with Crippen LogP contribution < -0.4 is 4.74 Å². The van der Waals surface area contributed by atoms with Gasteiger partial charge in [-0.2, -0.15) is 5.10 Å². The Balaban J connectivity index is 0.000000615. The van der Waals surface area contributed by atoms with Crippen LogP contribution in [-0.4, -0.2) is 28.9 Å². The average Bonchev–Trinajstić information content (AvgIpc) is 3.31. The molecule has 1 aromatic carbocycles. The summed E-state index contributed by atoms with van der Waals surface area (Å²) in [6.07, 6.45) is 5.21. The van der Waals surface area contributed by atoms with E-state index >= 15 is 0 Å². The van der Waals surface area contributed by atoms with Gasteiger partial charge < -0.3 is 9.47 Å². The van der Waals surface area contributed by atoms with Gasteiger partial charge in [0.25, 0.3) is 0 Å². The number of benzene rings is 1. The van der Waals surface area contributed by atoms with Gasteiger partial charge in [-0.05, 0) is 38.8 Å². The number of esters is 1. The number of rotatable bonds is 5. The van der Waals surface area contributed by atoms with Crippen LogP contribution in [0.5, 0.6) is 5.75 Å². The molecule has 0 radical (unpaired) electrons. The molecule has 144 valence electrons. The van der Waals surface area contributed by atoms with Crippen LogP contribution in [-0.2, 0) is 4.74 Å². The molecule has 1 saturated carbocycles. The summed E-state index contributed by atoms with van der Waals surface area (Å²) in [5.41, 5.74) is 3.02. The van der Waals surface area contributed by atoms with Crippen LogP contribution in [0.25, 0.3) is 11.3 Å². The fourth-order valence-corrected chi connectivity index (χ4v) is 2.16. The summed E-state index contributed by atoms with van der Waals surface area (Å²) in [5, 5.41) is 6.88. The summed E-state index contributed by atoms with van der Waals surface area (Å²) in [4.78, 5) is 12.0. The zero-order valence-electron chi connectivity index (χ0n) is 16.9. The van der Waals surface area contributed by atoms with Crippen LogP contribution in [0.3, 0.4) is 0 Å². The van der Waals surface area contributed by atoms with Gasteiger partial charge in [0.1, 0.15) is 11.3 Å². The van der Waals surface area contributed by atoms with Gasteiger partial charge >= 0.3 is 5.97 Å². The minimum Gasteiger partial charge on any atom is -0.490 e. The quantitative estimate of drug-likeness (QED) is 0.710. The number of hydrogen-bond donors (Lipinski definition) is 1. The average molecular weight is 360 g/mol. The lowest BCUT2D eigenvalue weighted by Gasteiger charge is -2.12. The number of aromatic nitrogens is 2. The number of nitrogens with zero attached hydrogens (tertiary/aromatic N) is 1. The zero-order valence-corrected chi connectivity index (χ0v) is 16.9. The first-order valence-electron chi connectivity index (χ1n) is 9.58. The third-order valence-corrected chi connectivity index (χ3v) is 3.36. The summed E-state index contributed by atoms with van der Waals surface area (Å²) < 4.78 is 11.0. The molecule has 2 aromatic rings. The van der Waals surface area contributed by atoms with Crippen LogP contribution in [0.1, 0.15) is 69.8 Å². The van der Waals surface area contributed by atoms with E-state index in [4.69, 9.17) is 9.47 Å². The highest BCUT2D eigenvalue weighted by molar-refractivity contribution is 5.96. The highest BCUT2D eigenvalue weighted by Crippen LogP contribution is 2.36. The van der Waals surface area contributed by atoms with E-state index in [1.165, 1.54) is 12.6 Å². The van der Waals surface area contributed by atoms with Gasteiger partial charge in [0, 0.05) is 5.56 Å². The molecule has 1 aliphatic carbocycles. The van der Waals surface area contributed by atoms with Crippen LogP contribution in [0, 0.1) is 6.92 Å². The topological polar surface area (TPSA) is 64.2 Å². The Kier molecular flexibility index (Phi) is 9.48. The molecule has 0 aliphatic heterocycles. The SMILES string of the molecule is CC.CCC.CCOC(=O)c1cn[nH]c1-c1cc(C)ccc1OC1CC1. The molecule has 0 saturated heterocycles. The van der Waals surface area contributed by atoms with Crippen LogP contribution in [0.2, 0.25) is 0 Å². The molecule has 0 bridgehead atoms. The number of carbonyl (C=O) groups is 1. The van der Waals surface area contributed by atoms with Gasteiger partial charge in [-0.15, -0.1) is 0 Å². The third-order valence-electron chi connectivity index (χ3n) is 3.36. The number of nitrogens with one attached hydrogen (secondary N) is 1. The Morgan fingerprint density at radius 3 is 2.46 bits per heavy atom. The van der Waals surface area contributed by atoms with Gasteiger partial charge in [-0.3, -0.25) is 5.10 Å². The molecule has 0 amide bonds. The lowest BCUT2D eigenvalue weighted by atomic mass is 10.0. The van der Waals surface area contributed by atoms with Crippen molar-refractivity contribution in [1.29, 1.82) is 0 Å². The molecular formula is C21H32N2O3. The Bertz CT molecular complexity index is 676. The van der Waals surface area contributed by atoms with E-state index in [0.29, 0.717) is 24.0 Å². The highest BCUT2D eigenvalue weighted by Gasteiger charge is 2.26. The fraction of sp³-hybridized carbons (Fsp3) is 0.524. The van der Waals surface area contributed by atoms with Crippen molar-refractivity contribution in [2.75, 3.05) is 6.61 Å². The van der Waals surface area contributed by atoms with Crippen LogP contribution >= 0.6 is 0 Å². The monoisotopic (exact) mass is 360 g/mol. The number of ether oxygens (including phenoxy) is 2. The first-order valence-corrected chi connectivity index (χ1v) is 9.58. The van der Waals surface area contributed by atoms with Crippen molar-refractivity contribution >= 4 is 5.97 Å². The number of aryl methyl sites for hydroxylation is 1. The summed E-state index contributed by atoms with van der Waals surface area (Å²) in [5.74, 6) is 0.401. The summed E-state index contributed by atoms with van der Waals surface area (Å²) in [6.45, 7) is 12.4. The Hall–Kier alpha value is -2.30. The number of hydrogen-bond acceptors (Lipinski definition) is 4. The minimum atomic E-state index is -0.375. The van der Waals surface area contributed by atoms with E-state index in [1.54, 1.807) is 6.92 Å². The summed E-state index contributed by atoms with van der Waals surface area (Å²) >= 11 is 0. The molecule has 3 rings (SSSR count). The largest absolute Gasteiger partial charge is 0.490 e. The lowest BCUT2D eigenvalue weighted by Crippen LogP contribution is -2.06. The Morgan fingerprint density at radius 1 is 1.23 bits per heavy atom. The second-order valence-electron chi connectivity index (χ2n) is 5.90. The maximum Gasteiger partial charge on any atom is 0.341 e. The molecule has 1 aromatic heterocycles. The predicted octanol–water partition coefficient (Wildman–Crippen LogP) is 5.55. The number of carbonyl (C=O) groups excluding carboxylic acids is 1. The second kappa shape index (κ2) is 11.3. The van der Waals surface area contributed by atoms with E-state index < -0.39 is 0 Å². The van der Waals surface area contributed by atoms with Crippen molar-refractivity contribution in [3.8, 4) is 17.0 Å². The van der Waals surface area contributed by atoms with Crippen LogP contribution in [0.4, 0.5) is 0 Å². The molecule has 1 fully saturated rings. The Labute approximate surface area is 157 Å². The third kappa shape index (κ3) is 6.21. The molecule has 0 spiro atoms. The number of aromatic amines is 1. The van der Waals surface area contributed by atoms with E-state index in [0.717, 1.165) is 29.7 Å². The Morgan fingerprint density at radius 2 is 1.88 bits per heavy atom. The molecule has 5 heteroatoms. The molecule has 0 unspecified atom stereocenters. The normalized spacial score (nSPS) is 12.2. The van der Waals surface area contributed by atoms with Crippen LogP contribution in [0.15, 0.2) is 24.4 Å². The second-order valence-corrected chi connectivity index (χ2v) is 5.90. The van der Waals surface area contributed by atoms with Gasteiger partial charge in [-0.25, -0.2) is 4.79 Å². The van der Waals surface area contributed by atoms with Gasteiger partial charge in [0.15, 0.2) is 0 Å². The van der Waals surface area contributed by atoms with Gasteiger partial charge in [0.2, 0.25) is 0 Å². The van der Waals surface area contributed by atoms with Crippen molar-refractivity contribution in [3.05, 3.63) is 35.5 Å². The molecular weight excluding hydrogens is 328 g/mol. The molecule has 1 heterocycles. The highest BCUT2D eigenvalue weighted by atomic mass is 16.5. The van der Waals surface area contributed by atoms with Crippen molar-refractivity contribution in [1.82, 2.24) is 10.2 Å². The first kappa shape index (κ1) is 21.7. The summed E-state index contributed by atoms with van der Waals surface area (Å²) in [7, 11) is 0. The predicted molar refractivity (Wildman–Crippen MR) is 106 cm³/mol. The van der Waals surface area contributed by atoms with E-state index in [1.807, 2.05) is 39.0 Å². The first-order chi connectivity index (χ1) is 12.6. The maximum absolute atomic E-state index is 12.0. The van der Waals surface area contributed by atoms with Gasteiger partial charge in [-0.1, -0.05) is 45.7 Å². The van der Waals surface area contributed by atoms with Crippen molar-refractivity contribution < 1.29 is 14.3 Å². The molecule has 5 nitrogen and oxygen atoms in total. The molecule has 0 atom stereocenters. The fourth-order valence-electron chi connectivity index (χ4n) is 2.16.